The molecule has 38 heavy (non-hydrogen) atoms. The third-order valence-corrected chi connectivity index (χ3v) is 6.00. The van der Waals surface area contributed by atoms with Crippen LogP contribution in [0.3, 0.4) is 0 Å². The number of aromatic nitrogens is 2. The van der Waals surface area contributed by atoms with Crippen LogP contribution in [0.5, 0.6) is 11.5 Å². The molecule has 0 unspecified atom stereocenters. The van der Waals surface area contributed by atoms with E-state index in [0.717, 1.165) is 45.0 Å². The van der Waals surface area contributed by atoms with Gasteiger partial charge in [-0.1, -0.05) is 24.2 Å². The summed E-state index contributed by atoms with van der Waals surface area (Å²) in [6.45, 7) is 8.47. The minimum atomic E-state index is -0.298. The zero-order chi connectivity index (χ0) is 26.7. The fourth-order valence-corrected chi connectivity index (χ4v) is 3.95. The van der Waals surface area contributed by atoms with Crippen molar-refractivity contribution < 1.29 is 19.0 Å². The number of carbonyl (C=O) groups is 1. The van der Waals surface area contributed by atoms with E-state index in [9.17, 15) is 4.79 Å². The number of ether oxygens (including phenoxy) is 3. The highest BCUT2D eigenvalue weighted by Crippen LogP contribution is 2.32. The van der Waals surface area contributed by atoms with Crippen molar-refractivity contribution in [1.29, 1.82) is 0 Å². The third kappa shape index (κ3) is 7.82. The van der Waals surface area contributed by atoms with E-state index < -0.39 is 0 Å². The SMILES string of the molecule is C=CC(=O)Nc1cccc(Nc2nc(Nc3ccc(OC)c(OCCCN4CCOCC4)c3)ncc2Cl)c1. The van der Waals surface area contributed by atoms with E-state index in [1.807, 2.05) is 24.3 Å². The monoisotopic (exact) mass is 538 g/mol. The quantitative estimate of drug-likeness (QED) is 0.220. The molecule has 1 amide bonds. The lowest BCUT2D eigenvalue weighted by Gasteiger charge is -2.26. The zero-order valence-electron chi connectivity index (χ0n) is 21.2. The largest absolute Gasteiger partial charge is 0.493 e. The van der Waals surface area contributed by atoms with Crippen LogP contribution in [0.25, 0.3) is 0 Å². The van der Waals surface area contributed by atoms with Gasteiger partial charge in [0, 0.05) is 42.8 Å². The number of morpholine rings is 1. The molecule has 1 aromatic heterocycles. The Labute approximate surface area is 227 Å². The van der Waals surface area contributed by atoms with Crippen molar-refractivity contribution in [1.82, 2.24) is 14.9 Å². The highest BCUT2D eigenvalue weighted by molar-refractivity contribution is 6.32. The first-order valence-electron chi connectivity index (χ1n) is 12.2. The Bertz CT molecular complexity index is 1250. The molecule has 1 aliphatic rings. The first-order valence-corrected chi connectivity index (χ1v) is 12.6. The summed E-state index contributed by atoms with van der Waals surface area (Å²) < 4.78 is 16.9. The summed E-state index contributed by atoms with van der Waals surface area (Å²) >= 11 is 6.34. The number of rotatable bonds is 12. The van der Waals surface area contributed by atoms with Crippen LogP contribution in [-0.4, -0.2) is 67.3 Å². The van der Waals surface area contributed by atoms with Gasteiger partial charge < -0.3 is 30.2 Å². The molecule has 2 aromatic carbocycles. The predicted octanol–water partition coefficient (Wildman–Crippen LogP) is 4.85. The predicted molar refractivity (Wildman–Crippen MR) is 149 cm³/mol. The van der Waals surface area contributed by atoms with Crippen molar-refractivity contribution in [2.45, 2.75) is 6.42 Å². The summed E-state index contributed by atoms with van der Waals surface area (Å²) in [5.41, 5.74) is 2.03. The van der Waals surface area contributed by atoms with Crippen molar-refractivity contribution in [3.05, 3.63) is 66.3 Å². The summed E-state index contributed by atoms with van der Waals surface area (Å²) in [6.07, 6.45) is 3.62. The number of amides is 1. The molecule has 200 valence electrons. The molecule has 3 aromatic rings. The van der Waals surface area contributed by atoms with Crippen LogP contribution in [0.2, 0.25) is 5.02 Å². The summed E-state index contributed by atoms with van der Waals surface area (Å²) in [4.78, 5) is 22.8. The second-order valence-electron chi connectivity index (χ2n) is 8.44. The Morgan fingerprint density at radius 3 is 2.71 bits per heavy atom. The van der Waals surface area contributed by atoms with E-state index in [4.69, 9.17) is 25.8 Å². The summed E-state index contributed by atoms with van der Waals surface area (Å²) in [5, 5.41) is 9.42. The number of halogens is 1. The second kappa shape index (κ2) is 13.6. The molecule has 1 fully saturated rings. The first-order chi connectivity index (χ1) is 18.5. The smallest absolute Gasteiger partial charge is 0.247 e. The van der Waals surface area contributed by atoms with E-state index >= 15 is 0 Å². The third-order valence-electron chi connectivity index (χ3n) is 5.72. The van der Waals surface area contributed by atoms with Crippen molar-refractivity contribution >= 4 is 46.3 Å². The number of nitrogens with zero attached hydrogens (tertiary/aromatic N) is 3. The lowest BCUT2D eigenvalue weighted by atomic mass is 10.2. The van der Waals surface area contributed by atoms with Crippen LogP contribution in [0, 0.1) is 0 Å². The van der Waals surface area contributed by atoms with Gasteiger partial charge in [0.25, 0.3) is 0 Å². The molecule has 0 aliphatic carbocycles. The summed E-state index contributed by atoms with van der Waals surface area (Å²) in [7, 11) is 1.61. The van der Waals surface area contributed by atoms with Gasteiger partial charge in [-0.2, -0.15) is 4.98 Å². The van der Waals surface area contributed by atoms with Gasteiger partial charge in [-0.15, -0.1) is 0 Å². The molecule has 3 N–H and O–H groups in total. The fraction of sp³-hybridized carbons (Fsp3) is 0.296. The number of carbonyl (C=O) groups excluding carboxylic acids is 1. The summed E-state index contributed by atoms with van der Waals surface area (Å²) in [6, 6.07) is 12.7. The topological polar surface area (TPSA) is 110 Å². The maximum absolute atomic E-state index is 11.6. The van der Waals surface area contributed by atoms with Gasteiger partial charge in [-0.05, 0) is 42.8 Å². The minimum absolute atomic E-state index is 0.298. The Kier molecular flexibility index (Phi) is 9.74. The number of hydrogen-bond donors (Lipinski definition) is 3. The van der Waals surface area contributed by atoms with E-state index in [1.165, 1.54) is 12.3 Å². The molecule has 2 heterocycles. The lowest BCUT2D eigenvalue weighted by molar-refractivity contribution is -0.111. The van der Waals surface area contributed by atoms with Crippen molar-refractivity contribution in [3.8, 4) is 11.5 Å². The number of anilines is 5. The fourth-order valence-electron chi connectivity index (χ4n) is 3.81. The van der Waals surface area contributed by atoms with E-state index in [-0.39, 0.29) is 5.91 Å². The van der Waals surface area contributed by atoms with Crippen LogP contribution < -0.4 is 25.4 Å². The van der Waals surface area contributed by atoms with E-state index in [2.05, 4.69) is 37.4 Å². The van der Waals surface area contributed by atoms with Gasteiger partial charge >= 0.3 is 0 Å². The minimum Gasteiger partial charge on any atom is -0.493 e. The molecule has 1 aliphatic heterocycles. The second-order valence-corrected chi connectivity index (χ2v) is 8.84. The maximum atomic E-state index is 11.6. The van der Waals surface area contributed by atoms with Gasteiger partial charge in [0.15, 0.2) is 17.3 Å². The first kappa shape index (κ1) is 27.2. The molecule has 1 saturated heterocycles. The van der Waals surface area contributed by atoms with Gasteiger partial charge in [0.05, 0.1) is 33.1 Å². The lowest BCUT2D eigenvalue weighted by Crippen LogP contribution is -2.37. The average molecular weight is 539 g/mol. The van der Waals surface area contributed by atoms with Crippen molar-refractivity contribution in [2.75, 3.05) is 62.5 Å². The normalized spacial score (nSPS) is 13.4. The highest BCUT2D eigenvalue weighted by Gasteiger charge is 2.12. The Morgan fingerprint density at radius 1 is 1.13 bits per heavy atom. The van der Waals surface area contributed by atoms with Crippen LogP contribution >= 0.6 is 11.6 Å². The molecule has 0 atom stereocenters. The van der Waals surface area contributed by atoms with Gasteiger partial charge in [-0.25, -0.2) is 4.98 Å². The molecule has 4 rings (SSSR count). The molecule has 0 spiro atoms. The van der Waals surface area contributed by atoms with Gasteiger partial charge in [0.2, 0.25) is 11.9 Å². The van der Waals surface area contributed by atoms with Crippen molar-refractivity contribution in [3.63, 3.8) is 0 Å². The van der Waals surface area contributed by atoms with Crippen LogP contribution in [0.1, 0.15) is 6.42 Å². The molecular weight excluding hydrogens is 508 g/mol. The Hall–Kier alpha value is -3.86. The van der Waals surface area contributed by atoms with Crippen LogP contribution in [0.4, 0.5) is 28.8 Å². The Morgan fingerprint density at radius 2 is 1.92 bits per heavy atom. The number of nitrogens with one attached hydrogen (secondary N) is 3. The molecule has 10 nitrogen and oxygen atoms in total. The molecule has 0 bridgehead atoms. The molecule has 11 heteroatoms. The number of methoxy groups -OCH3 is 1. The number of benzene rings is 2. The van der Waals surface area contributed by atoms with E-state index in [0.29, 0.717) is 46.3 Å². The van der Waals surface area contributed by atoms with Crippen molar-refractivity contribution in [2.24, 2.45) is 0 Å². The number of hydrogen-bond acceptors (Lipinski definition) is 9. The van der Waals surface area contributed by atoms with Gasteiger partial charge in [-0.3, -0.25) is 9.69 Å². The summed E-state index contributed by atoms with van der Waals surface area (Å²) in [5.74, 6) is 1.73. The average Bonchev–Trinajstić information content (AvgIpc) is 2.94. The van der Waals surface area contributed by atoms with E-state index in [1.54, 1.807) is 25.3 Å². The maximum Gasteiger partial charge on any atom is 0.247 e. The Balaban J connectivity index is 1.40. The standard InChI is InChI=1S/C27H31ClN6O4/c1-3-25(35)30-19-6-4-7-20(16-19)31-26-22(28)18-29-27(33-26)32-21-8-9-23(36-2)24(17-21)38-13-5-10-34-11-14-37-15-12-34/h3-4,6-9,16-18H,1,5,10-15H2,2H3,(H,30,35)(H2,29,31,32,33). The molecule has 0 saturated carbocycles. The molecular formula is C27H31ClN6O4. The zero-order valence-corrected chi connectivity index (χ0v) is 22.0. The molecule has 0 radical (unpaired) electrons. The van der Waals surface area contributed by atoms with Crippen LogP contribution in [0.15, 0.2) is 61.3 Å². The highest BCUT2D eigenvalue weighted by atomic mass is 35.5. The van der Waals surface area contributed by atoms with Crippen LogP contribution in [-0.2, 0) is 9.53 Å². The van der Waals surface area contributed by atoms with Gasteiger partial charge in [0.1, 0.15) is 5.02 Å².